The van der Waals surface area contributed by atoms with E-state index in [-0.39, 0.29) is 0 Å². The van der Waals surface area contributed by atoms with Gasteiger partial charge < -0.3 is 0 Å². The number of aromatic nitrogens is 1. The number of hydrogen-bond acceptors (Lipinski definition) is 3. The third-order valence-electron chi connectivity index (χ3n) is 1.31. The van der Waals surface area contributed by atoms with Crippen molar-refractivity contribution < 1.29 is 17.4 Å². The summed E-state index contributed by atoms with van der Waals surface area (Å²) in [4.78, 5) is 2.89. The van der Waals surface area contributed by atoms with E-state index in [0.29, 0.717) is 0 Å². The zero-order chi connectivity index (χ0) is 10.1. The van der Waals surface area contributed by atoms with Crippen molar-refractivity contribution in [2.75, 3.05) is 0 Å². The van der Waals surface area contributed by atoms with E-state index in [1.165, 1.54) is 0 Å². The minimum Gasteiger partial charge on any atom is -0.265 e. The largest absolute Gasteiger partial charge is 0.483 e. The van der Waals surface area contributed by atoms with Gasteiger partial charge in [-0.1, -0.05) is 0 Å². The Morgan fingerprint density at radius 1 is 1.31 bits per heavy atom. The molecule has 0 aliphatic rings. The summed E-state index contributed by atoms with van der Waals surface area (Å²) in [6, 6.07) is 1.84. The van der Waals surface area contributed by atoms with Crippen LogP contribution in [0.1, 0.15) is 0 Å². The fraction of sp³-hybridized carbons (Fsp3) is 0.167. The van der Waals surface area contributed by atoms with Crippen molar-refractivity contribution in [3.8, 4) is 0 Å². The summed E-state index contributed by atoms with van der Waals surface area (Å²) < 4.78 is 53.7. The lowest BCUT2D eigenvalue weighted by Gasteiger charge is -2.09. The van der Waals surface area contributed by atoms with E-state index >= 15 is 0 Å². The maximum Gasteiger partial charge on any atom is 0.483 e. The molecule has 0 aromatic carbocycles. The standard InChI is InChI=1S/C6H5F3N2OS/c7-6(8,9)13(10,12)5-1-3-11-4-2-5/h1-4,10H. The number of hydrogen-bond donors (Lipinski definition) is 1. The normalized spacial score (nSPS) is 16.5. The highest BCUT2D eigenvalue weighted by Gasteiger charge is 2.42. The summed E-state index contributed by atoms with van der Waals surface area (Å²) in [6.07, 6.45) is 2.13. The molecule has 3 nitrogen and oxygen atoms in total. The molecule has 0 bridgehead atoms. The molecule has 7 heteroatoms. The Morgan fingerprint density at radius 3 is 2.15 bits per heavy atom. The first-order valence-corrected chi connectivity index (χ1v) is 4.66. The van der Waals surface area contributed by atoms with Crippen LogP contribution in [0.15, 0.2) is 29.4 Å². The van der Waals surface area contributed by atoms with Crippen LogP contribution < -0.4 is 0 Å². The van der Waals surface area contributed by atoms with Crippen molar-refractivity contribution in [3.05, 3.63) is 24.5 Å². The van der Waals surface area contributed by atoms with E-state index in [0.717, 1.165) is 24.5 Å². The Hall–Kier alpha value is -1.11. The molecule has 1 rings (SSSR count). The molecule has 0 fully saturated rings. The maximum atomic E-state index is 12.0. The number of pyridine rings is 1. The number of rotatable bonds is 1. The van der Waals surface area contributed by atoms with Crippen LogP contribution in [0.4, 0.5) is 13.2 Å². The molecule has 1 N–H and O–H groups in total. The number of nitrogens with one attached hydrogen (secondary N) is 1. The first-order chi connectivity index (χ1) is 5.86. The molecule has 72 valence electrons. The van der Waals surface area contributed by atoms with Gasteiger partial charge in [0.05, 0.1) is 4.90 Å². The molecule has 0 saturated heterocycles. The molecule has 0 aliphatic carbocycles. The minimum atomic E-state index is -5.03. The zero-order valence-corrected chi connectivity index (χ0v) is 7.02. The summed E-state index contributed by atoms with van der Waals surface area (Å²) in [5, 5.41) is 0. The predicted molar refractivity (Wildman–Crippen MR) is 39.4 cm³/mol. The summed E-state index contributed by atoms with van der Waals surface area (Å²) in [5.41, 5.74) is -5.03. The van der Waals surface area contributed by atoms with E-state index in [2.05, 4.69) is 4.98 Å². The Bertz CT molecular complexity index is 384. The van der Waals surface area contributed by atoms with Crippen molar-refractivity contribution in [1.29, 1.82) is 4.78 Å². The molecule has 1 heterocycles. The first-order valence-electron chi connectivity index (χ1n) is 3.11. The fourth-order valence-corrected chi connectivity index (χ4v) is 1.44. The molecule has 0 radical (unpaired) electrons. The van der Waals surface area contributed by atoms with Gasteiger partial charge in [0.2, 0.25) is 0 Å². The number of alkyl halides is 3. The summed E-state index contributed by atoms with van der Waals surface area (Å²) in [6.45, 7) is 0. The lowest BCUT2D eigenvalue weighted by atomic mass is 10.5. The van der Waals surface area contributed by atoms with E-state index in [9.17, 15) is 17.4 Å². The van der Waals surface area contributed by atoms with E-state index in [1.807, 2.05) is 0 Å². The Labute approximate surface area is 72.6 Å². The molecular weight excluding hydrogens is 205 g/mol. The minimum absolute atomic E-state index is 0.574. The predicted octanol–water partition coefficient (Wildman–Crippen LogP) is 2.01. The van der Waals surface area contributed by atoms with E-state index < -0.39 is 20.1 Å². The van der Waals surface area contributed by atoms with E-state index in [4.69, 9.17) is 4.78 Å². The van der Waals surface area contributed by atoms with Gasteiger partial charge in [0.15, 0.2) is 9.73 Å². The monoisotopic (exact) mass is 210 g/mol. The SMILES string of the molecule is N=S(=O)(c1ccncc1)C(F)(F)F. The van der Waals surface area contributed by atoms with Gasteiger partial charge in [-0.3, -0.25) is 4.98 Å². The Morgan fingerprint density at radius 2 is 1.77 bits per heavy atom. The Balaban J connectivity index is 3.26. The lowest BCUT2D eigenvalue weighted by molar-refractivity contribution is -0.0406. The second-order valence-electron chi connectivity index (χ2n) is 2.18. The van der Waals surface area contributed by atoms with Crippen LogP contribution in [0.5, 0.6) is 0 Å². The van der Waals surface area contributed by atoms with Gasteiger partial charge in [-0.05, 0) is 12.1 Å². The third-order valence-corrected chi connectivity index (χ3v) is 2.90. The van der Waals surface area contributed by atoms with Crippen molar-refractivity contribution in [2.45, 2.75) is 10.4 Å². The molecule has 1 atom stereocenters. The fourth-order valence-electron chi connectivity index (χ4n) is 0.664. The van der Waals surface area contributed by atoms with Crippen LogP contribution in [0.25, 0.3) is 0 Å². The zero-order valence-electron chi connectivity index (χ0n) is 6.21. The summed E-state index contributed by atoms with van der Waals surface area (Å²) in [5.74, 6) is 0. The van der Waals surface area contributed by atoms with Crippen LogP contribution in [-0.2, 0) is 9.73 Å². The highest BCUT2D eigenvalue weighted by molar-refractivity contribution is 7.93. The third kappa shape index (κ3) is 1.80. The molecule has 0 aliphatic heterocycles. The first kappa shape index (κ1) is 9.97. The number of halogens is 3. The topological polar surface area (TPSA) is 53.8 Å². The highest BCUT2D eigenvalue weighted by Crippen LogP contribution is 2.30. The van der Waals surface area contributed by atoms with Crippen LogP contribution in [-0.4, -0.2) is 14.7 Å². The average Bonchev–Trinajstić information content (AvgIpc) is 2.04. The van der Waals surface area contributed by atoms with Gasteiger partial charge in [0.25, 0.3) is 0 Å². The summed E-state index contributed by atoms with van der Waals surface area (Å²) >= 11 is 0. The van der Waals surface area contributed by atoms with Crippen LogP contribution in [0.2, 0.25) is 0 Å². The lowest BCUT2D eigenvalue weighted by Crippen LogP contribution is -2.21. The second-order valence-corrected chi connectivity index (χ2v) is 4.23. The molecule has 1 unspecified atom stereocenters. The van der Waals surface area contributed by atoms with Crippen LogP contribution in [0, 0.1) is 4.78 Å². The van der Waals surface area contributed by atoms with Gasteiger partial charge in [-0.2, -0.15) is 13.2 Å². The van der Waals surface area contributed by atoms with Crippen molar-refractivity contribution in [2.24, 2.45) is 0 Å². The summed E-state index contributed by atoms with van der Waals surface area (Å²) in [7, 11) is -4.72. The molecular formula is C6H5F3N2OS. The van der Waals surface area contributed by atoms with Crippen LogP contribution in [0.3, 0.4) is 0 Å². The van der Waals surface area contributed by atoms with Gasteiger partial charge >= 0.3 is 5.51 Å². The van der Waals surface area contributed by atoms with Crippen molar-refractivity contribution in [3.63, 3.8) is 0 Å². The molecule has 0 saturated carbocycles. The molecule has 13 heavy (non-hydrogen) atoms. The quantitative estimate of drug-likeness (QED) is 0.770. The van der Waals surface area contributed by atoms with Gasteiger partial charge in [0.1, 0.15) is 0 Å². The van der Waals surface area contributed by atoms with Gasteiger partial charge in [0, 0.05) is 12.4 Å². The molecule has 1 aromatic heterocycles. The van der Waals surface area contributed by atoms with Crippen molar-refractivity contribution in [1.82, 2.24) is 4.98 Å². The van der Waals surface area contributed by atoms with E-state index in [1.54, 1.807) is 0 Å². The Kier molecular flexibility index (Phi) is 2.29. The number of nitrogens with zero attached hydrogens (tertiary/aromatic N) is 1. The molecule has 0 spiro atoms. The maximum absolute atomic E-state index is 12.0. The molecule has 1 aromatic rings. The molecule has 0 amide bonds. The average molecular weight is 210 g/mol. The van der Waals surface area contributed by atoms with Crippen molar-refractivity contribution >= 4 is 9.73 Å². The smallest absolute Gasteiger partial charge is 0.265 e. The van der Waals surface area contributed by atoms with Crippen LogP contribution >= 0.6 is 0 Å². The van der Waals surface area contributed by atoms with Gasteiger partial charge in [-0.25, -0.2) is 8.99 Å². The highest BCUT2D eigenvalue weighted by atomic mass is 32.2. The second kappa shape index (κ2) is 2.99. The van der Waals surface area contributed by atoms with Gasteiger partial charge in [-0.15, -0.1) is 0 Å².